The van der Waals surface area contributed by atoms with Crippen LogP contribution in [0.5, 0.6) is 17.2 Å². The van der Waals surface area contributed by atoms with Crippen LogP contribution in [0.25, 0.3) is 33.8 Å². The molecule has 1 saturated carbocycles. The van der Waals surface area contributed by atoms with Crippen molar-refractivity contribution in [1.82, 2.24) is 15.0 Å². The van der Waals surface area contributed by atoms with Gasteiger partial charge < -0.3 is 19.3 Å². The lowest BCUT2D eigenvalue weighted by atomic mass is 9.74. The van der Waals surface area contributed by atoms with Gasteiger partial charge in [0.25, 0.3) is 0 Å². The molecule has 1 aliphatic carbocycles. The Kier molecular flexibility index (Phi) is 13.0. The third-order valence-electron chi connectivity index (χ3n) is 11.9. The summed E-state index contributed by atoms with van der Waals surface area (Å²) >= 11 is 0. The number of hydrogen-bond donors (Lipinski definition) is 1. The van der Waals surface area contributed by atoms with Crippen LogP contribution in [-0.2, 0) is 25.8 Å². The van der Waals surface area contributed by atoms with E-state index in [1.165, 1.54) is 29.1 Å². The molecule has 1 aliphatic rings. The monoisotopic (exact) mass is 845 g/mol. The molecule has 7 rings (SSSR count). The highest BCUT2D eigenvalue weighted by Gasteiger charge is 2.41. The van der Waals surface area contributed by atoms with Crippen molar-refractivity contribution >= 4 is 11.9 Å². The van der Waals surface area contributed by atoms with E-state index in [2.05, 4.69) is 114 Å². The molecule has 0 spiro atoms. The Balaban J connectivity index is 1.05. The molecule has 0 aliphatic heterocycles. The molecule has 1 fully saturated rings. The number of aliphatic hydroxyl groups is 1. The normalized spacial score (nSPS) is 17.4. The van der Waals surface area contributed by atoms with Crippen LogP contribution in [0.3, 0.4) is 0 Å². The Morgan fingerprint density at radius 2 is 0.794 bits per heavy atom. The highest BCUT2D eigenvalue weighted by atomic mass is 16.6. The standard InChI is InChI=1S/C54H59N3O6/c1-52(2,3)40-16-10-34(11-17-40)46-25-22-43(31-55-46)61-49(58)37-28-38(50(59)62-44-23-26-47(56-32-44)35-12-18-41(19-13-35)53(4,5)6)30-39(29-37)51(60)63-45-24-27-48(57-33-45)36-14-20-42(21-15-36)54(7,8)9/h10-27,31-33,37-39,49,58H,28-30H2,1-9H3. The summed E-state index contributed by atoms with van der Waals surface area (Å²) < 4.78 is 17.8. The molecule has 3 aromatic carbocycles. The number of esters is 2. The third-order valence-corrected chi connectivity index (χ3v) is 11.9. The Morgan fingerprint density at radius 1 is 0.476 bits per heavy atom. The highest BCUT2D eigenvalue weighted by molar-refractivity contribution is 5.79. The number of hydrogen-bond acceptors (Lipinski definition) is 9. The third kappa shape index (κ3) is 11.3. The fraction of sp³-hybridized carbons (Fsp3) is 0.352. The van der Waals surface area contributed by atoms with Gasteiger partial charge in [0.05, 0.1) is 47.5 Å². The average molecular weight is 846 g/mol. The predicted molar refractivity (Wildman–Crippen MR) is 247 cm³/mol. The first kappa shape index (κ1) is 44.9. The summed E-state index contributed by atoms with van der Waals surface area (Å²) in [5.41, 5.74) is 8.90. The molecule has 9 heteroatoms. The Labute approximate surface area is 371 Å². The lowest BCUT2D eigenvalue weighted by Crippen LogP contribution is -2.40. The molecule has 6 aromatic rings. The SMILES string of the molecule is CC(C)(C)c1ccc(-c2ccc(OC(=O)C3CC(C(=O)Oc4ccc(-c5ccc(C(C)(C)C)cc5)nc4)CC(C(O)Oc4ccc(-c5ccc(C(C)(C)C)cc5)nc4)C3)cn2)cc1. The fourth-order valence-corrected chi connectivity index (χ4v) is 7.88. The highest BCUT2D eigenvalue weighted by Crippen LogP contribution is 2.38. The van der Waals surface area contributed by atoms with Crippen LogP contribution >= 0.6 is 0 Å². The number of aromatic nitrogens is 3. The number of ether oxygens (including phenoxy) is 3. The summed E-state index contributed by atoms with van der Waals surface area (Å²) in [6.07, 6.45) is 3.91. The lowest BCUT2D eigenvalue weighted by molar-refractivity contribution is -0.151. The molecular formula is C54H59N3O6. The van der Waals surface area contributed by atoms with Crippen molar-refractivity contribution in [1.29, 1.82) is 0 Å². The van der Waals surface area contributed by atoms with Gasteiger partial charge in [-0.15, -0.1) is 0 Å². The first-order chi connectivity index (χ1) is 29.8. The average Bonchev–Trinajstić information content (AvgIpc) is 3.26. The number of carbonyl (C=O) groups is 2. The summed E-state index contributed by atoms with van der Waals surface area (Å²) in [6.45, 7) is 19.6. The first-order valence-corrected chi connectivity index (χ1v) is 21.8. The van der Waals surface area contributed by atoms with Crippen LogP contribution in [-0.4, -0.2) is 38.3 Å². The van der Waals surface area contributed by atoms with Crippen molar-refractivity contribution in [2.45, 2.75) is 104 Å². The van der Waals surface area contributed by atoms with E-state index in [1.54, 1.807) is 24.4 Å². The topological polar surface area (TPSA) is 121 Å². The second-order valence-electron chi connectivity index (χ2n) is 19.8. The molecule has 326 valence electrons. The van der Waals surface area contributed by atoms with Crippen molar-refractivity contribution < 1.29 is 28.9 Å². The minimum absolute atomic E-state index is 0.0329. The van der Waals surface area contributed by atoms with Crippen molar-refractivity contribution in [3.05, 3.63) is 144 Å². The van der Waals surface area contributed by atoms with Crippen LogP contribution < -0.4 is 14.2 Å². The molecule has 3 heterocycles. The zero-order valence-corrected chi connectivity index (χ0v) is 37.9. The van der Waals surface area contributed by atoms with Gasteiger partial charge in [0.15, 0.2) is 6.29 Å². The number of benzene rings is 3. The summed E-state index contributed by atoms with van der Waals surface area (Å²) in [6, 6.07) is 35.5. The van der Waals surface area contributed by atoms with E-state index in [0.717, 1.165) is 33.8 Å². The van der Waals surface area contributed by atoms with Gasteiger partial charge in [0, 0.05) is 22.6 Å². The maximum atomic E-state index is 13.9. The van der Waals surface area contributed by atoms with Crippen LogP contribution in [0.2, 0.25) is 0 Å². The molecular weight excluding hydrogens is 787 g/mol. The molecule has 9 nitrogen and oxygen atoms in total. The van der Waals surface area contributed by atoms with E-state index in [0.29, 0.717) is 5.75 Å². The molecule has 0 radical (unpaired) electrons. The van der Waals surface area contributed by atoms with E-state index in [4.69, 9.17) is 14.2 Å². The summed E-state index contributed by atoms with van der Waals surface area (Å²) in [5.74, 6) is -2.21. The molecule has 0 amide bonds. The predicted octanol–water partition coefficient (Wildman–Crippen LogP) is 11.7. The Hall–Kier alpha value is -6.19. The number of rotatable bonds is 10. The number of aliphatic hydroxyl groups excluding tert-OH is 1. The van der Waals surface area contributed by atoms with Crippen molar-refractivity contribution in [3.8, 4) is 51.0 Å². The van der Waals surface area contributed by atoms with Crippen LogP contribution in [0.4, 0.5) is 0 Å². The number of nitrogens with zero attached hydrogens (tertiary/aromatic N) is 3. The smallest absolute Gasteiger partial charge is 0.314 e. The molecule has 0 bridgehead atoms. The maximum absolute atomic E-state index is 13.9. The van der Waals surface area contributed by atoms with Gasteiger partial charge in [-0.3, -0.25) is 24.5 Å². The fourth-order valence-electron chi connectivity index (χ4n) is 7.88. The van der Waals surface area contributed by atoms with Gasteiger partial charge >= 0.3 is 11.9 Å². The second kappa shape index (κ2) is 18.3. The minimum atomic E-state index is -1.34. The molecule has 3 unspecified atom stereocenters. The molecule has 3 aromatic heterocycles. The minimum Gasteiger partial charge on any atom is -0.463 e. The summed E-state index contributed by atoms with van der Waals surface area (Å²) in [7, 11) is 0. The second-order valence-corrected chi connectivity index (χ2v) is 19.8. The summed E-state index contributed by atoms with van der Waals surface area (Å²) in [5, 5.41) is 11.5. The molecule has 0 saturated heterocycles. The van der Waals surface area contributed by atoms with Gasteiger partial charge in [0.1, 0.15) is 17.2 Å². The Bertz CT molecular complexity index is 2360. The van der Waals surface area contributed by atoms with Crippen molar-refractivity contribution in [3.63, 3.8) is 0 Å². The molecule has 3 atom stereocenters. The van der Waals surface area contributed by atoms with Crippen molar-refractivity contribution in [2.24, 2.45) is 17.8 Å². The van der Waals surface area contributed by atoms with Gasteiger partial charge in [-0.25, -0.2) is 0 Å². The Morgan fingerprint density at radius 3 is 1.08 bits per heavy atom. The van der Waals surface area contributed by atoms with Crippen LogP contribution in [0.1, 0.15) is 98.3 Å². The lowest BCUT2D eigenvalue weighted by Gasteiger charge is -2.34. The van der Waals surface area contributed by atoms with Crippen LogP contribution in [0.15, 0.2) is 128 Å². The van der Waals surface area contributed by atoms with E-state index in [9.17, 15) is 14.7 Å². The van der Waals surface area contributed by atoms with E-state index in [-0.39, 0.29) is 47.0 Å². The van der Waals surface area contributed by atoms with Gasteiger partial charge in [0.2, 0.25) is 0 Å². The zero-order chi connectivity index (χ0) is 45.1. The largest absolute Gasteiger partial charge is 0.463 e. The van der Waals surface area contributed by atoms with Gasteiger partial charge in [-0.1, -0.05) is 135 Å². The van der Waals surface area contributed by atoms with Gasteiger partial charge in [-0.2, -0.15) is 0 Å². The first-order valence-electron chi connectivity index (χ1n) is 21.8. The maximum Gasteiger partial charge on any atom is 0.314 e. The van der Waals surface area contributed by atoms with E-state index < -0.39 is 36.0 Å². The van der Waals surface area contributed by atoms with Gasteiger partial charge in [-0.05, 0) is 88.6 Å². The number of carbonyl (C=O) groups excluding carboxylic acids is 2. The van der Waals surface area contributed by atoms with E-state index >= 15 is 0 Å². The molecule has 1 N–H and O–H groups in total. The number of pyridine rings is 3. The quantitative estimate of drug-likeness (QED) is 0.106. The van der Waals surface area contributed by atoms with Crippen LogP contribution in [0, 0.1) is 17.8 Å². The summed E-state index contributed by atoms with van der Waals surface area (Å²) in [4.78, 5) is 41.5. The zero-order valence-electron chi connectivity index (χ0n) is 37.9. The molecule has 63 heavy (non-hydrogen) atoms. The van der Waals surface area contributed by atoms with E-state index in [1.807, 2.05) is 54.6 Å². The van der Waals surface area contributed by atoms with Crippen molar-refractivity contribution in [2.75, 3.05) is 0 Å².